The molecule has 2 rings (SSSR count). The van der Waals surface area contributed by atoms with E-state index < -0.39 is 0 Å². The summed E-state index contributed by atoms with van der Waals surface area (Å²) in [6, 6.07) is 5.54. The predicted molar refractivity (Wildman–Crippen MR) is 78.6 cm³/mol. The SMILES string of the molecule is Cc1cc(Cl)cc(C(=O)N2CCCC(CBr)C2)c1. The van der Waals surface area contributed by atoms with Crippen molar-refractivity contribution in [3.05, 3.63) is 34.3 Å². The molecule has 1 aromatic carbocycles. The van der Waals surface area contributed by atoms with E-state index in [1.165, 1.54) is 6.42 Å². The van der Waals surface area contributed by atoms with E-state index in [0.717, 1.165) is 30.4 Å². The Bertz CT molecular complexity index is 429. The van der Waals surface area contributed by atoms with Gasteiger partial charge in [-0.05, 0) is 49.4 Å². The molecule has 0 aromatic heterocycles. The van der Waals surface area contributed by atoms with E-state index in [0.29, 0.717) is 16.5 Å². The lowest BCUT2D eigenvalue weighted by Crippen LogP contribution is -2.40. The quantitative estimate of drug-likeness (QED) is 0.753. The average Bonchev–Trinajstić information content (AvgIpc) is 2.37. The van der Waals surface area contributed by atoms with Crippen molar-refractivity contribution in [3.63, 3.8) is 0 Å². The third kappa shape index (κ3) is 3.27. The predicted octanol–water partition coefficient (Wildman–Crippen LogP) is 3.90. The van der Waals surface area contributed by atoms with E-state index in [1.54, 1.807) is 6.07 Å². The molecule has 1 aliphatic heterocycles. The Labute approximate surface area is 121 Å². The van der Waals surface area contributed by atoms with Gasteiger partial charge in [-0.2, -0.15) is 0 Å². The molecule has 98 valence electrons. The molecule has 0 aliphatic carbocycles. The van der Waals surface area contributed by atoms with Gasteiger partial charge in [0.1, 0.15) is 0 Å². The Morgan fingerprint density at radius 3 is 2.94 bits per heavy atom. The number of halogens is 2. The summed E-state index contributed by atoms with van der Waals surface area (Å²) in [6.07, 6.45) is 2.28. The molecular weight excluding hydrogens is 314 g/mol. The van der Waals surface area contributed by atoms with Crippen molar-refractivity contribution < 1.29 is 4.79 Å². The monoisotopic (exact) mass is 329 g/mol. The summed E-state index contributed by atoms with van der Waals surface area (Å²) >= 11 is 9.52. The largest absolute Gasteiger partial charge is 0.338 e. The lowest BCUT2D eigenvalue weighted by atomic mass is 9.99. The lowest BCUT2D eigenvalue weighted by molar-refractivity contribution is 0.0686. The van der Waals surface area contributed by atoms with E-state index in [1.807, 2.05) is 24.0 Å². The van der Waals surface area contributed by atoms with E-state index >= 15 is 0 Å². The molecule has 1 atom stereocenters. The maximum Gasteiger partial charge on any atom is 0.253 e. The maximum atomic E-state index is 12.4. The Kier molecular flexibility index (Phi) is 4.68. The summed E-state index contributed by atoms with van der Waals surface area (Å²) in [4.78, 5) is 14.4. The third-order valence-electron chi connectivity index (χ3n) is 3.31. The number of benzene rings is 1. The van der Waals surface area contributed by atoms with Gasteiger partial charge in [0.15, 0.2) is 0 Å². The second-order valence-corrected chi connectivity index (χ2v) is 6.01. The van der Waals surface area contributed by atoms with Crippen LogP contribution in [0.15, 0.2) is 18.2 Å². The molecule has 2 nitrogen and oxygen atoms in total. The van der Waals surface area contributed by atoms with Crippen LogP contribution in [0.25, 0.3) is 0 Å². The second kappa shape index (κ2) is 6.07. The fourth-order valence-electron chi connectivity index (χ4n) is 2.42. The smallest absolute Gasteiger partial charge is 0.253 e. The Morgan fingerprint density at radius 1 is 1.50 bits per heavy atom. The zero-order valence-electron chi connectivity index (χ0n) is 10.5. The molecule has 1 heterocycles. The highest BCUT2D eigenvalue weighted by molar-refractivity contribution is 9.09. The molecule has 1 unspecified atom stereocenters. The van der Waals surface area contributed by atoms with Crippen LogP contribution in [0.5, 0.6) is 0 Å². The Balaban J connectivity index is 2.15. The number of alkyl halides is 1. The van der Waals surface area contributed by atoms with Crippen molar-refractivity contribution in [3.8, 4) is 0 Å². The number of carbonyl (C=O) groups is 1. The van der Waals surface area contributed by atoms with Gasteiger partial charge < -0.3 is 4.90 Å². The van der Waals surface area contributed by atoms with Gasteiger partial charge in [-0.25, -0.2) is 0 Å². The van der Waals surface area contributed by atoms with Crippen molar-refractivity contribution in [1.29, 1.82) is 0 Å². The van der Waals surface area contributed by atoms with Gasteiger partial charge in [0.05, 0.1) is 0 Å². The molecule has 0 spiro atoms. The summed E-state index contributed by atoms with van der Waals surface area (Å²) in [5.74, 6) is 0.675. The third-order valence-corrected chi connectivity index (χ3v) is 4.45. The van der Waals surface area contributed by atoms with E-state index in [-0.39, 0.29) is 5.91 Å². The standard InChI is InChI=1S/C14H17BrClNO/c1-10-5-12(7-13(16)6-10)14(18)17-4-2-3-11(8-15)9-17/h5-7,11H,2-4,8-9H2,1H3. The van der Waals surface area contributed by atoms with E-state index in [2.05, 4.69) is 15.9 Å². The Morgan fingerprint density at radius 2 is 2.28 bits per heavy atom. The number of likely N-dealkylation sites (tertiary alicyclic amines) is 1. The van der Waals surface area contributed by atoms with Crippen LogP contribution >= 0.6 is 27.5 Å². The molecular formula is C14H17BrClNO. The van der Waals surface area contributed by atoms with Gasteiger partial charge in [-0.3, -0.25) is 4.79 Å². The number of piperidine rings is 1. The maximum absolute atomic E-state index is 12.4. The number of nitrogens with zero attached hydrogens (tertiary/aromatic N) is 1. The molecule has 0 bridgehead atoms. The minimum atomic E-state index is 0.103. The molecule has 1 saturated heterocycles. The van der Waals surface area contributed by atoms with Crippen LogP contribution in [-0.2, 0) is 0 Å². The zero-order chi connectivity index (χ0) is 13.1. The Hall–Kier alpha value is -0.540. The molecule has 0 saturated carbocycles. The van der Waals surface area contributed by atoms with Crippen LogP contribution in [0.4, 0.5) is 0 Å². The highest BCUT2D eigenvalue weighted by Gasteiger charge is 2.24. The number of hydrogen-bond acceptors (Lipinski definition) is 1. The van der Waals surface area contributed by atoms with E-state index in [9.17, 15) is 4.79 Å². The summed E-state index contributed by atoms with van der Waals surface area (Å²) < 4.78 is 0. The molecule has 1 amide bonds. The van der Waals surface area contributed by atoms with Crippen molar-refractivity contribution in [1.82, 2.24) is 4.90 Å². The zero-order valence-corrected chi connectivity index (χ0v) is 12.8. The molecule has 4 heteroatoms. The second-order valence-electron chi connectivity index (χ2n) is 4.93. The van der Waals surface area contributed by atoms with Gasteiger partial charge in [-0.15, -0.1) is 0 Å². The number of aryl methyl sites for hydroxylation is 1. The molecule has 1 fully saturated rings. The van der Waals surface area contributed by atoms with Gasteiger partial charge in [0, 0.05) is 29.0 Å². The summed E-state index contributed by atoms with van der Waals surface area (Å²) in [5.41, 5.74) is 1.73. The highest BCUT2D eigenvalue weighted by Crippen LogP contribution is 2.22. The topological polar surface area (TPSA) is 20.3 Å². The minimum Gasteiger partial charge on any atom is -0.338 e. The van der Waals surface area contributed by atoms with E-state index in [4.69, 9.17) is 11.6 Å². The fraction of sp³-hybridized carbons (Fsp3) is 0.500. The highest BCUT2D eigenvalue weighted by atomic mass is 79.9. The van der Waals surface area contributed by atoms with Gasteiger partial charge >= 0.3 is 0 Å². The first kappa shape index (κ1) is 13.9. The van der Waals surface area contributed by atoms with Crippen molar-refractivity contribution >= 4 is 33.4 Å². The van der Waals surface area contributed by atoms with Crippen molar-refractivity contribution in [2.45, 2.75) is 19.8 Å². The van der Waals surface area contributed by atoms with Crippen LogP contribution in [0.3, 0.4) is 0 Å². The van der Waals surface area contributed by atoms with Crippen LogP contribution < -0.4 is 0 Å². The normalized spacial score (nSPS) is 19.9. The lowest BCUT2D eigenvalue weighted by Gasteiger charge is -2.32. The van der Waals surface area contributed by atoms with Crippen LogP contribution in [0, 0.1) is 12.8 Å². The van der Waals surface area contributed by atoms with Crippen LogP contribution in [0.2, 0.25) is 5.02 Å². The number of rotatable bonds is 2. The van der Waals surface area contributed by atoms with Crippen LogP contribution in [0.1, 0.15) is 28.8 Å². The number of amides is 1. The molecule has 1 aliphatic rings. The molecule has 18 heavy (non-hydrogen) atoms. The van der Waals surface area contributed by atoms with Gasteiger partial charge in [0.25, 0.3) is 5.91 Å². The fourth-order valence-corrected chi connectivity index (χ4v) is 3.24. The first-order valence-electron chi connectivity index (χ1n) is 6.22. The number of carbonyl (C=O) groups excluding carboxylic acids is 1. The number of hydrogen-bond donors (Lipinski definition) is 0. The molecule has 1 aromatic rings. The first-order valence-corrected chi connectivity index (χ1v) is 7.72. The minimum absolute atomic E-state index is 0.103. The summed E-state index contributed by atoms with van der Waals surface area (Å²) in [7, 11) is 0. The molecule has 0 radical (unpaired) electrons. The molecule has 0 N–H and O–H groups in total. The van der Waals surface area contributed by atoms with Crippen molar-refractivity contribution in [2.24, 2.45) is 5.92 Å². The average molecular weight is 331 g/mol. The first-order chi connectivity index (χ1) is 8.60. The van der Waals surface area contributed by atoms with Gasteiger partial charge in [-0.1, -0.05) is 27.5 Å². The summed E-state index contributed by atoms with van der Waals surface area (Å²) in [6.45, 7) is 3.66. The summed E-state index contributed by atoms with van der Waals surface area (Å²) in [5, 5.41) is 1.60. The van der Waals surface area contributed by atoms with Gasteiger partial charge in [0.2, 0.25) is 0 Å². The van der Waals surface area contributed by atoms with Crippen molar-refractivity contribution in [2.75, 3.05) is 18.4 Å². The van der Waals surface area contributed by atoms with Crippen LogP contribution in [-0.4, -0.2) is 29.2 Å².